The monoisotopic (exact) mass is 1170 g/mol. The number of benzene rings is 7. The molecular formula is C70H70N14P2+4. The van der Waals surface area contributed by atoms with E-state index in [1.54, 1.807) is 0 Å². The highest BCUT2D eigenvalue weighted by atomic mass is 31.2. The minimum Gasteiger partial charge on any atom is -0.320 e. The molecule has 0 unspecified atom stereocenters. The standard InChI is InChI=1S/C70H70N14P2/c1-77(2)55-39-47-81(48-40-55)67-65(71-73-75-85(59-27-15-9-16-28-59,60-29-17-10-18-30-60)61-31-19-11-20-32-61)66(72-74-76-86(62-33-21-12-22-34-62,63-35-23-13-24-36-63)64-37-25-14-26-38-64)68(82-49-41-56(42-50-82)78(3)4)70(84-53-45-58(46-54-84)80(7)8)69(67)83-51-43-57(44-52-83)79(5)6/h9-54H,1-8H3/q+4. The molecule has 4 aromatic heterocycles. The van der Waals surface area contributed by atoms with Gasteiger partial charge in [0.2, 0.25) is 21.4 Å². The van der Waals surface area contributed by atoms with Gasteiger partial charge in [0.25, 0.3) is 0 Å². The van der Waals surface area contributed by atoms with Crippen molar-refractivity contribution in [3.8, 4) is 22.7 Å². The van der Waals surface area contributed by atoms with Crippen LogP contribution < -0.4 is 71.6 Å². The van der Waals surface area contributed by atoms with Gasteiger partial charge in [-0.2, -0.15) is 0 Å². The number of aromatic nitrogens is 4. The number of hydrogen-bond acceptors (Lipinski definition) is 2. The van der Waals surface area contributed by atoms with Crippen LogP contribution >= 0.6 is 14.1 Å². The molecule has 0 radical (unpaired) electrons. The SMILES string of the molecule is C[N+](C)=c1ccn(-c2c(N=NN=P(c3ccccc3)(c3ccccc3)c3ccccc3)c(N=NN=P(c3ccccc3)(c3ccccc3)c3ccccc3)c(-n3ccc(=[N+](C)C)cc3)c(-n3ccc(=[N+](C)C)cc3)c2-n2ccc(=[N+](C)C)cc2)cc1. The predicted molar refractivity (Wildman–Crippen MR) is 356 cm³/mol. The van der Waals surface area contributed by atoms with E-state index in [1.807, 2.05) is 92.8 Å². The van der Waals surface area contributed by atoms with E-state index in [-0.39, 0.29) is 0 Å². The molecule has 0 aliphatic heterocycles. The van der Waals surface area contributed by atoms with Gasteiger partial charge in [0, 0.05) is 130 Å². The fourth-order valence-corrected chi connectivity index (χ4v) is 17.0. The maximum atomic E-state index is 5.62. The lowest BCUT2D eigenvalue weighted by Crippen LogP contribution is -2.25. The molecule has 0 amide bonds. The van der Waals surface area contributed by atoms with Gasteiger partial charge in [-0.1, -0.05) is 182 Å². The van der Waals surface area contributed by atoms with Crippen molar-refractivity contribution in [1.82, 2.24) is 36.6 Å². The maximum Gasteiger partial charge on any atom is 0.202 e. The van der Waals surface area contributed by atoms with Crippen molar-refractivity contribution in [2.24, 2.45) is 30.4 Å². The fourth-order valence-electron chi connectivity index (χ4n) is 10.6. The second-order valence-corrected chi connectivity index (χ2v) is 27.4. The predicted octanol–water partition coefficient (Wildman–Crippen LogP) is 9.33. The third-order valence-electron chi connectivity index (χ3n) is 15.1. The molecule has 7 aromatic carbocycles. The second kappa shape index (κ2) is 25.9. The van der Waals surface area contributed by atoms with Crippen LogP contribution in [0.5, 0.6) is 0 Å². The third kappa shape index (κ3) is 11.6. The number of rotatable bonds is 14. The summed E-state index contributed by atoms with van der Waals surface area (Å²) in [6.45, 7) is 0. The van der Waals surface area contributed by atoms with Crippen molar-refractivity contribution in [2.45, 2.75) is 0 Å². The molecule has 0 spiro atoms. The average Bonchev–Trinajstić information content (AvgIpc) is 0.876. The molecule has 14 nitrogen and oxygen atoms in total. The first-order valence-corrected chi connectivity index (χ1v) is 31.8. The molecule has 0 N–H and O–H groups in total. The first kappa shape index (κ1) is 57.8. The Morgan fingerprint density at radius 1 is 0.244 bits per heavy atom. The second-order valence-electron chi connectivity index (χ2n) is 21.4. The molecule has 4 heterocycles. The summed E-state index contributed by atoms with van der Waals surface area (Å²) in [4.78, 5) is 11.2. The van der Waals surface area contributed by atoms with E-state index in [0.717, 1.165) is 64.6 Å². The van der Waals surface area contributed by atoms with Gasteiger partial charge in [0.1, 0.15) is 79.1 Å². The summed E-state index contributed by atoms with van der Waals surface area (Å²) >= 11 is 0. The smallest absolute Gasteiger partial charge is 0.202 e. The van der Waals surface area contributed by atoms with Crippen molar-refractivity contribution in [2.75, 3.05) is 56.4 Å². The Morgan fingerprint density at radius 3 is 0.616 bits per heavy atom. The normalized spacial score (nSPS) is 11.6. The Balaban J connectivity index is 1.40. The minimum absolute atomic E-state index is 0.387. The van der Waals surface area contributed by atoms with Crippen LogP contribution in [0.15, 0.2) is 310 Å². The van der Waals surface area contributed by atoms with Gasteiger partial charge in [-0.25, -0.2) is 18.3 Å². The van der Waals surface area contributed by atoms with Crippen LogP contribution in [0.3, 0.4) is 0 Å². The minimum atomic E-state index is -2.94. The van der Waals surface area contributed by atoms with Crippen molar-refractivity contribution in [1.29, 1.82) is 0 Å². The molecule has 0 saturated heterocycles. The Morgan fingerprint density at radius 2 is 0.430 bits per heavy atom. The van der Waals surface area contributed by atoms with Crippen LogP contribution in [-0.2, 0) is 0 Å². The molecule has 11 rings (SSSR count). The molecule has 0 aliphatic carbocycles. The third-order valence-corrected chi connectivity index (χ3v) is 22.1. The van der Waals surface area contributed by atoms with Crippen LogP contribution in [0.25, 0.3) is 22.7 Å². The zero-order chi connectivity index (χ0) is 59.6. The fraction of sp³-hybridized carbons (Fsp3) is 0.114. The quantitative estimate of drug-likeness (QED) is 0.0449. The van der Waals surface area contributed by atoms with Crippen LogP contribution in [0.2, 0.25) is 0 Å². The van der Waals surface area contributed by atoms with Gasteiger partial charge in [-0.05, 0) is 10.4 Å². The summed E-state index contributed by atoms with van der Waals surface area (Å²) in [6, 6.07) is 79.7. The largest absolute Gasteiger partial charge is 0.320 e. The Hall–Kier alpha value is -10.0. The zero-order valence-electron chi connectivity index (χ0n) is 49.7. The van der Waals surface area contributed by atoms with Gasteiger partial charge in [-0.3, -0.25) is 0 Å². The van der Waals surface area contributed by atoms with Gasteiger partial charge in [-0.15, -0.1) is 19.9 Å². The maximum absolute atomic E-state index is 5.62. The van der Waals surface area contributed by atoms with E-state index in [1.165, 1.54) is 0 Å². The summed E-state index contributed by atoms with van der Waals surface area (Å²) in [5.74, 6) is 0. The van der Waals surface area contributed by atoms with Crippen LogP contribution in [-0.4, -0.2) is 74.6 Å². The summed E-state index contributed by atoms with van der Waals surface area (Å²) < 4.78 is 16.9. The first-order valence-electron chi connectivity index (χ1n) is 28.4. The van der Waals surface area contributed by atoms with Crippen molar-refractivity contribution in [3.05, 3.63) is 302 Å². The molecule has 11 aromatic rings. The van der Waals surface area contributed by atoms with Gasteiger partial charge in [0.15, 0.2) is 0 Å². The van der Waals surface area contributed by atoms with Crippen LogP contribution in [0.1, 0.15) is 0 Å². The number of pyridine rings is 4. The molecule has 0 aliphatic rings. The van der Waals surface area contributed by atoms with E-state index < -0.39 is 14.1 Å². The average molecular weight is 1170 g/mol. The van der Waals surface area contributed by atoms with Crippen molar-refractivity contribution >= 4 is 57.3 Å². The van der Waals surface area contributed by atoms with Crippen LogP contribution in [0, 0.1) is 0 Å². The lowest BCUT2D eigenvalue weighted by atomic mass is 10.1. The Kier molecular flexibility index (Phi) is 17.4. The van der Waals surface area contributed by atoms with E-state index in [9.17, 15) is 0 Å². The number of nitrogens with zero attached hydrogens (tertiary/aromatic N) is 14. The van der Waals surface area contributed by atoms with Crippen molar-refractivity contribution in [3.63, 3.8) is 0 Å². The lowest BCUT2D eigenvalue weighted by Gasteiger charge is -2.27. The first-order chi connectivity index (χ1) is 42.0. The molecule has 16 heteroatoms. The zero-order valence-corrected chi connectivity index (χ0v) is 51.5. The highest BCUT2D eigenvalue weighted by Crippen LogP contribution is 2.52. The van der Waals surface area contributed by atoms with Gasteiger partial charge < -0.3 is 18.3 Å². The molecule has 0 atom stereocenters. The summed E-state index contributed by atoms with van der Waals surface area (Å²) in [5.41, 5.74) is 3.60. The van der Waals surface area contributed by atoms with Crippen LogP contribution in [0.4, 0.5) is 11.4 Å². The highest BCUT2D eigenvalue weighted by molar-refractivity contribution is 7.87. The van der Waals surface area contributed by atoms with Gasteiger partial charge >= 0.3 is 0 Å². The summed E-state index contributed by atoms with van der Waals surface area (Å²) in [7, 11) is 10.5. The van der Waals surface area contributed by atoms with E-state index in [2.05, 4.69) is 280 Å². The van der Waals surface area contributed by atoms with E-state index >= 15 is 0 Å². The van der Waals surface area contributed by atoms with Gasteiger partial charge in [0.05, 0.1) is 25.5 Å². The Bertz CT molecular complexity index is 4130. The number of hydrogen-bond donors (Lipinski definition) is 0. The molecular weight excluding hydrogens is 1100 g/mol. The summed E-state index contributed by atoms with van der Waals surface area (Å²) in [6.07, 6.45) is 16.7. The lowest BCUT2D eigenvalue weighted by molar-refractivity contribution is 0.798. The van der Waals surface area contributed by atoms with Crippen molar-refractivity contribution < 1.29 is 0 Å². The summed E-state index contributed by atoms with van der Waals surface area (Å²) in [5, 5.41) is 31.7. The molecule has 426 valence electrons. The van der Waals surface area contributed by atoms with E-state index in [0.29, 0.717) is 22.7 Å². The van der Waals surface area contributed by atoms with E-state index in [4.69, 9.17) is 30.4 Å². The molecule has 0 fully saturated rings. The molecule has 0 saturated carbocycles. The Labute approximate surface area is 502 Å². The highest BCUT2D eigenvalue weighted by Gasteiger charge is 2.32. The molecule has 0 bridgehead atoms. The topological polar surface area (TPSA) is 106 Å². The molecule has 86 heavy (non-hydrogen) atoms.